The fourth-order valence-corrected chi connectivity index (χ4v) is 3.50. The van der Waals surface area contributed by atoms with Gasteiger partial charge in [0.15, 0.2) is 0 Å². The monoisotopic (exact) mass is 403 g/mol. The number of halogens is 2. The minimum atomic E-state index is 0.252. The van der Waals surface area contributed by atoms with Crippen molar-refractivity contribution < 1.29 is 4.74 Å². The first-order valence-electron chi connectivity index (χ1n) is 5.94. The molecular weight excluding hydrogens is 390 g/mol. The molecule has 1 unspecified atom stereocenters. The van der Waals surface area contributed by atoms with Gasteiger partial charge in [-0.15, -0.1) is 11.3 Å². The Hall–Kier alpha value is -0.360. The number of benzene rings is 1. The summed E-state index contributed by atoms with van der Waals surface area (Å²) in [4.78, 5) is 1.21. The van der Waals surface area contributed by atoms with Crippen molar-refractivity contribution in [2.75, 3.05) is 7.05 Å². The molecule has 1 aromatic carbocycles. The second-order valence-corrected chi connectivity index (χ2v) is 7.65. The van der Waals surface area contributed by atoms with E-state index in [0.717, 1.165) is 19.6 Å². The summed E-state index contributed by atoms with van der Waals surface area (Å²) in [6.07, 6.45) is 0. The maximum Gasteiger partial charge on any atom is 0.124 e. The molecule has 1 aromatic heterocycles. The van der Waals surface area contributed by atoms with Gasteiger partial charge in [-0.05, 0) is 60.2 Å². The molecule has 2 aromatic rings. The van der Waals surface area contributed by atoms with Crippen LogP contribution in [0.1, 0.15) is 23.4 Å². The van der Waals surface area contributed by atoms with Crippen LogP contribution in [0.3, 0.4) is 0 Å². The minimum absolute atomic E-state index is 0.252. The molecule has 0 radical (unpaired) electrons. The van der Waals surface area contributed by atoms with Crippen molar-refractivity contribution in [1.29, 1.82) is 0 Å². The van der Waals surface area contributed by atoms with E-state index < -0.39 is 0 Å². The van der Waals surface area contributed by atoms with Crippen LogP contribution in [0.4, 0.5) is 0 Å². The van der Waals surface area contributed by atoms with Gasteiger partial charge < -0.3 is 10.1 Å². The third kappa shape index (κ3) is 4.05. The average molecular weight is 405 g/mol. The normalized spacial score (nSPS) is 12.4. The van der Waals surface area contributed by atoms with E-state index in [1.165, 1.54) is 4.88 Å². The molecule has 2 rings (SSSR count). The largest absolute Gasteiger partial charge is 0.488 e. The molecule has 0 aliphatic heterocycles. The summed E-state index contributed by atoms with van der Waals surface area (Å²) in [5.74, 6) is 0.926. The summed E-state index contributed by atoms with van der Waals surface area (Å²) in [6, 6.07) is 10.5. The van der Waals surface area contributed by atoms with E-state index in [2.05, 4.69) is 56.2 Å². The summed E-state index contributed by atoms with van der Waals surface area (Å²) in [5, 5.41) is 3.25. The second-order valence-electron chi connectivity index (χ2n) is 4.19. The Morgan fingerprint density at radius 3 is 2.68 bits per heavy atom. The van der Waals surface area contributed by atoms with Gasteiger partial charge in [-0.1, -0.05) is 15.9 Å². The van der Waals surface area contributed by atoms with Crippen LogP contribution in [-0.4, -0.2) is 7.05 Å². The number of hydrogen-bond acceptors (Lipinski definition) is 3. The van der Waals surface area contributed by atoms with Gasteiger partial charge in [0.2, 0.25) is 0 Å². The van der Waals surface area contributed by atoms with Crippen molar-refractivity contribution in [3.8, 4) is 5.75 Å². The van der Waals surface area contributed by atoms with Crippen molar-refractivity contribution in [1.82, 2.24) is 5.32 Å². The van der Waals surface area contributed by atoms with E-state index >= 15 is 0 Å². The number of thiophene rings is 1. The van der Waals surface area contributed by atoms with Gasteiger partial charge in [0.1, 0.15) is 12.4 Å². The molecule has 0 saturated heterocycles. The fraction of sp³-hybridized carbons (Fsp3) is 0.286. The lowest BCUT2D eigenvalue weighted by Gasteiger charge is -2.16. The predicted molar refractivity (Wildman–Crippen MR) is 88.0 cm³/mol. The summed E-state index contributed by atoms with van der Waals surface area (Å²) >= 11 is 8.67. The van der Waals surface area contributed by atoms with Crippen LogP contribution in [-0.2, 0) is 6.61 Å². The highest BCUT2D eigenvalue weighted by molar-refractivity contribution is 9.11. The highest BCUT2D eigenvalue weighted by atomic mass is 79.9. The van der Waals surface area contributed by atoms with Gasteiger partial charge in [0, 0.05) is 21.0 Å². The molecule has 5 heteroatoms. The lowest BCUT2D eigenvalue weighted by atomic mass is 10.1. The lowest BCUT2D eigenvalue weighted by molar-refractivity contribution is 0.303. The van der Waals surface area contributed by atoms with Gasteiger partial charge in [0.05, 0.1) is 3.79 Å². The first-order chi connectivity index (χ1) is 9.10. The molecule has 0 aliphatic rings. The minimum Gasteiger partial charge on any atom is -0.488 e. The summed E-state index contributed by atoms with van der Waals surface area (Å²) < 4.78 is 8.14. The van der Waals surface area contributed by atoms with E-state index in [9.17, 15) is 0 Å². The van der Waals surface area contributed by atoms with E-state index in [1.807, 2.05) is 25.2 Å². The molecule has 0 bridgehead atoms. The Bertz CT molecular complexity index is 556. The summed E-state index contributed by atoms with van der Waals surface area (Å²) in [7, 11) is 1.95. The number of hydrogen-bond donors (Lipinski definition) is 1. The molecule has 0 amide bonds. The highest BCUT2D eigenvalue weighted by Gasteiger charge is 2.11. The highest BCUT2D eigenvalue weighted by Crippen LogP contribution is 2.30. The van der Waals surface area contributed by atoms with Crippen LogP contribution in [0, 0.1) is 0 Å². The van der Waals surface area contributed by atoms with Gasteiger partial charge in [0.25, 0.3) is 0 Å². The summed E-state index contributed by atoms with van der Waals surface area (Å²) in [6.45, 7) is 2.72. The maximum atomic E-state index is 5.94. The Kier molecular flexibility index (Phi) is 5.45. The smallest absolute Gasteiger partial charge is 0.124 e. The molecule has 0 fully saturated rings. The van der Waals surface area contributed by atoms with Crippen molar-refractivity contribution in [2.45, 2.75) is 19.6 Å². The molecule has 1 heterocycles. The predicted octanol–water partition coefficient (Wildman–Crippen LogP) is 5.13. The molecule has 1 atom stereocenters. The molecule has 102 valence electrons. The third-order valence-electron chi connectivity index (χ3n) is 2.87. The Labute approximate surface area is 134 Å². The molecule has 2 nitrogen and oxygen atoms in total. The molecule has 0 aliphatic carbocycles. The molecule has 19 heavy (non-hydrogen) atoms. The average Bonchev–Trinajstić information content (AvgIpc) is 2.82. The van der Waals surface area contributed by atoms with Crippen molar-refractivity contribution in [2.24, 2.45) is 0 Å². The summed E-state index contributed by atoms with van der Waals surface area (Å²) in [5.41, 5.74) is 1.16. The third-order valence-corrected chi connectivity index (χ3v) is 4.96. The molecular formula is C14H15Br2NOS. The number of rotatable bonds is 5. The van der Waals surface area contributed by atoms with E-state index in [-0.39, 0.29) is 6.04 Å². The zero-order chi connectivity index (χ0) is 13.8. The zero-order valence-corrected chi connectivity index (χ0v) is 14.7. The topological polar surface area (TPSA) is 21.3 Å². The van der Waals surface area contributed by atoms with Gasteiger partial charge >= 0.3 is 0 Å². The lowest BCUT2D eigenvalue weighted by Crippen LogP contribution is -2.13. The van der Waals surface area contributed by atoms with Crippen LogP contribution >= 0.6 is 43.2 Å². The van der Waals surface area contributed by atoms with Gasteiger partial charge in [-0.3, -0.25) is 0 Å². The van der Waals surface area contributed by atoms with Crippen LogP contribution in [0.25, 0.3) is 0 Å². The Morgan fingerprint density at radius 1 is 1.26 bits per heavy atom. The second kappa shape index (κ2) is 6.88. The first kappa shape index (κ1) is 15.0. The quantitative estimate of drug-likeness (QED) is 0.745. The number of ether oxygens (including phenoxy) is 1. The number of nitrogens with one attached hydrogen (secondary N) is 1. The van der Waals surface area contributed by atoms with Crippen LogP contribution in [0.15, 0.2) is 38.6 Å². The molecule has 1 N–H and O–H groups in total. The van der Waals surface area contributed by atoms with E-state index in [0.29, 0.717) is 6.61 Å². The maximum absolute atomic E-state index is 5.94. The zero-order valence-electron chi connectivity index (χ0n) is 10.7. The van der Waals surface area contributed by atoms with Crippen LogP contribution in [0.5, 0.6) is 5.75 Å². The van der Waals surface area contributed by atoms with Crippen LogP contribution < -0.4 is 10.1 Å². The standard InChI is InChI=1S/C14H15Br2NOS/c1-9(17-2)12-7-10(15)3-5-13(12)18-8-11-4-6-14(16)19-11/h3-7,9,17H,8H2,1-2H3. The SMILES string of the molecule is CNC(C)c1cc(Br)ccc1OCc1ccc(Br)s1. The van der Waals surface area contributed by atoms with Gasteiger partial charge in [-0.2, -0.15) is 0 Å². The molecule has 0 saturated carbocycles. The Morgan fingerprint density at radius 2 is 2.05 bits per heavy atom. The van der Waals surface area contributed by atoms with Crippen LogP contribution in [0.2, 0.25) is 0 Å². The van der Waals surface area contributed by atoms with E-state index in [1.54, 1.807) is 11.3 Å². The van der Waals surface area contributed by atoms with Crippen molar-refractivity contribution in [3.05, 3.63) is 49.0 Å². The molecule has 0 spiro atoms. The van der Waals surface area contributed by atoms with E-state index in [4.69, 9.17) is 4.74 Å². The Balaban J connectivity index is 2.15. The van der Waals surface area contributed by atoms with Crippen molar-refractivity contribution in [3.63, 3.8) is 0 Å². The van der Waals surface area contributed by atoms with Crippen molar-refractivity contribution >= 4 is 43.2 Å². The first-order valence-corrected chi connectivity index (χ1v) is 8.34. The van der Waals surface area contributed by atoms with Gasteiger partial charge in [-0.25, -0.2) is 0 Å². The fourth-order valence-electron chi connectivity index (χ4n) is 1.72.